The molecule has 6 aromatic rings. The molecule has 6 heteroatoms. The molecule has 0 aliphatic rings. The lowest BCUT2D eigenvalue weighted by Crippen LogP contribution is -2.20. The minimum Gasteiger partial charge on any atom is -0.488 e. The first-order valence-corrected chi connectivity index (χ1v) is 12.2. The summed E-state index contributed by atoms with van der Waals surface area (Å²) in [5, 5.41) is 7.00. The largest absolute Gasteiger partial charge is 0.488 e. The molecular formula is C32H22FN3O2. The molecule has 0 saturated heterocycles. The van der Waals surface area contributed by atoms with Crippen molar-refractivity contribution in [2.45, 2.75) is 6.61 Å². The van der Waals surface area contributed by atoms with Crippen molar-refractivity contribution in [3.63, 3.8) is 0 Å². The summed E-state index contributed by atoms with van der Waals surface area (Å²) >= 11 is 0. The quantitative estimate of drug-likeness (QED) is 0.236. The van der Waals surface area contributed by atoms with E-state index in [0.29, 0.717) is 33.6 Å². The summed E-state index contributed by atoms with van der Waals surface area (Å²) in [6, 6.07) is 34.8. The van der Waals surface area contributed by atoms with Gasteiger partial charge in [0.25, 0.3) is 5.56 Å². The predicted molar refractivity (Wildman–Crippen MR) is 149 cm³/mol. The maximum Gasteiger partial charge on any atom is 0.282 e. The van der Waals surface area contributed by atoms with Crippen molar-refractivity contribution >= 4 is 27.9 Å². The van der Waals surface area contributed by atoms with Gasteiger partial charge in [-0.1, -0.05) is 91.0 Å². The lowest BCUT2D eigenvalue weighted by Gasteiger charge is -2.13. The zero-order valence-electron chi connectivity index (χ0n) is 20.3. The van der Waals surface area contributed by atoms with Crippen molar-refractivity contribution in [1.29, 1.82) is 0 Å². The highest BCUT2D eigenvalue weighted by Crippen LogP contribution is 2.28. The topological polar surface area (TPSA) is 56.5 Å². The number of para-hydroxylation sites is 1. The number of hydrogen-bond acceptors (Lipinski definition) is 4. The molecule has 0 amide bonds. The number of halogens is 1. The highest BCUT2D eigenvalue weighted by Gasteiger charge is 2.14. The SMILES string of the molecule is O=c1c2ccccc2nc(-c2ccccc2)n1N=Cc1c(OCc2ccccc2F)ccc2ccccc12. The third kappa shape index (κ3) is 4.44. The molecule has 38 heavy (non-hydrogen) atoms. The molecule has 1 aromatic heterocycles. The second-order valence-corrected chi connectivity index (χ2v) is 8.76. The minimum absolute atomic E-state index is 0.0542. The van der Waals surface area contributed by atoms with Crippen molar-refractivity contribution in [3.05, 3.63) is 143 Å². The van der Waals surface area contributed by atoms with Crippen molar-refractivity contribution in [2.75, 3.05) is 0 Å². The Hall–Kier alpha value is -5.10. The van der Waals surface area contributed by atoms with Gasteiger partial charge in [-0.3, -0.25) is 4.79 Å². The van der Waals surface area contributed by atoms with Crippen LogP contribution in [0.1, 0.15) is 11.1 Å². The van der Waals surface area contributed by atoms with E-state index in [-0.39, 0.29) is 18.0 Å². The van der Waals surface area contributed by atoms with Crippen LogP contribution in [0.25, 0.3) is 33.1 Å². The fourth-order valence-corrected chi connectivity index (χ4v) is 4.43. The standard InChI is InChI=1S/C32H22FN3O2/c33-28-16-8-5-13-24(28)21-38-30-19-18-22-10-4-6-14-25(22)27(30)20-34-36-31(23-11-2-1-3-12-23)35-29-17-9-7-15-26(29)32(36)37/h1-20H,21H2. The number of ether oxygens (including phenoxy) is 1. The Balaban J connectivity index is 1.50. The zero-order valence-corrected chi connectivity index (χ0v) is 20.3. The molecule has 0 aliphatic carbocycles. The Bertz CT molecular complexity index is 1860. The molecule has 0 fully saturated rings. The molecule has 0 bridgehead atoms. The Morgan fingerprint density at radius 1 is 0.789 bits per heavy atom. The van der Waals surface area contributed by atoms with Crippen LogP contribution in [0.15, 0.2) is 125 Å². The molecule has 0 atom stereocenters. The van der Waals surface area contributed by atoms with E-state index in [1.54, 1.807) is 36.5 Å². The predicted octanol–water partition coefficient (Wildman–Crippen LogP) is 6.82. The number of fused-ring (bicyclic) bond motifs is 2. The van der Waals surface area contributed by atoms with Crippen molar-refractivity contribution in [1.82, 2.24) is 9.66 Å². The molecule has 5 aromatic carbocycles. The number of rotatable bonds is 6. The normalized spacial score (nSPS) is 11.4. The van der Waals surface area contributed by atoms with Gasteiger partial charge in [-0.25, -0.2) is 9.37 Å². The second-order valence-electron chi connectivity index (χ2n) is 8.76. The van der Waals surface area contributed by atoms with Crippen LogP contribution in [0.2, 0.25) is 0 Å². The molecule has 1 heterocycles. The summed E-state index contributed by atoms with van der Waals surface area (Å²) in [4.78, 5) is 18.3. The van der Waals surface area contributed by atoms with E-state index in [1.807, 2.05) is 78.9 Å². The minimum atomic E-state index is -0.329. The first-order valence-electron chi connectivity index (χ1n) is 12.2. The van der Waals surface area contributed by atoms with Gasteiger partial charge in [0.1, 0.15) is 18.2 Å². The average Bonchev–Trinajstić information content (AvgIpc) is 2.97. The van der Waals surface area contributed by atoms with E-state index in [1.165, 1.54) is 10.7 Å². The Morgan fingerprint density at radius 3 is 2.34 bits per heavy atom. The van der Waals surface area contributed by atoms with Gasteiger partial charge in [-0.2, -0.15) is 9.78 Å². The molecule has 5 nitrogen and oxygen atoms in total. The maximum absolute atomic E-state index is 14.2. The smallest absolute Gasteiger partial charge is 0.282 e. The number of aromatic nitrogens is 2. The Kier molecular flexibility index (Phi) is 6.20. The fraction of sp³-hybridized carbons (Fsp3) is 0.0312. The summed E-state index contributed by atoms with van der Waals surface area (Å²) in [5.74, 6) is 0.628. The lowest BCUT2D eigenvalue weighted by molar-refractivity contribution is 0.300. The second kappa shape index (κ2) is 10.1. The third-order valence-corrected chi connectivity index (χ3v) is 6.36. The highest BCUT2D eigenvalue weighted by molar-refractivity contribution is 6.02. The Labute approximate surface area is 218 Å². The van der Waals surface area contributed by atoms with E-state index in [4.69, 9.17) is 9.72 Å². The van der Waals surface area contributed by atoms with Gasteiger partial charge in [0.15, 0.2) is 5.82 Å². The van der Waals surface area contributed by atoms with E-state index < -0.39 is 0 Å². The monoisotopic (exact) mass is 499 g/mol. The van der Waals surface area contributed by atoms with Gasteiger partial charge >= 0.3 is 0 Å². The summed E-state index contributed by atoms with van der Waals surface area (Å²) < 4.78 is 21.6. The summed E-state index contributed by atoms with van der Waals surface area (Å²) in [6.45, 7) is 0.0542. The van der Waals surface area contributed by atoms with Crippen molar-refractivity contribution < 1.29 is 9.13 Å². The van der Waals surface area contributed by atoms with E-state index in [0.717, 1.165) is 16.3 Å². The third-order valence-electron chi connectivity index (χ3n) is 6.36. The molecule has 0 radical (unpaired) electrons. The van der Waals surface area contributed by atoms with Crippen LogP contribution in [0.5, 0.6) is 5.75 Å². The van der Waals surface area contributed by atoms with Gasteiger partial charge in [0, 0.05) is 16.7 Å². The first kappa shape index (κ1) is 23.3. The van der Waals surface area contributed by atoms with Gasteiger partial charge in [-0.15, -0.1) is 0 Å². The lowest BCUT2D eigenvalue weighted by atomic mass is 10.0. The van der Waals surface area contributed by atoms with E-state index in [9.17, 15) is 9.18 Å². The molecule has 0 spiro atoms. The number of hydrogen-bond donors (Lipinski definition) is 0. The van der Waals surface area contributed by atoms with Crippen molar-refractivity contribution in [3.8, 4) is 17.1 Å². The molecule has 0 saturated carbocycles. The van der Waals surface area contributed by atoms with E-state index in [2.05, 4.69) is 5.10 Å². The van der Waals surface area contributed by atoms with Crippen LogP contribution in [-0.4, -0.2) is 15.9 Å². The Morgan fingerprint density at radius 2 is 1.50 bits per heavy atom. The number of benzene rings is 5. The molecule has 0 unspecified atom stereocenters. The van der Waals surface area contributed by atoms with Gasteiger partial charge < -0.3 is 4.74 Å². The highest BCUT2D eigenvalue weighted by atomic mass is 19.1. The molecular weight excluding hydrogens is 477 g/mol. The van der Waals surface area contributed by atoms with Gasteiger partial charge in [0.2, 0.25) is 0 Å². The maximum atomic E-state index is 14.2. The van der Waals surface area contributed by atoms with Crippen LogP contribution >= 0.6 is 0 Å². The van der Waals surface area contributed by atoms with Gasteiger partial charge in [-0.05, 0) is 35.0 Å². The van der Waals surface area contributed by atoms with E-state index >= 15 is 0 Å². The molecule has 0 aliphatic heterocycles. The average molecular weight is 500 g/mol. The summed E-state index contributed by atoms with van der Waals surface area (Å²) in [7, 11) is 0. The van der Waals surface area contributed by atoms with Gasteiger partial charge in [0.05, 0.1) is 17.1 Å². The molecule has 0 N–H and O–H groups in total. The first-order chi connectivity index (χ1) is 18.7. The van der Waals surface area contributed by atoms with Crippen molar-refractivity contribution in [2.24, 2.45) is 5.10 Å². The number of nitrogens with zero attached hydrogens (tertiary/aromatic N) is 3. The molecule has 6 rings (SSSR count). The van der Waals surface area contributed by atoms with Crippen LogP contribution in [0.3, 0.4) is 0 Å². The van der Waals surface area contributed by atoms with Crippen LogP contribution in [-0.2, 0) is 6.61 Å². The fourth-order valence-electron chi connectivity index (χ4n) is 4.43. The summed E-state index contributed by atoms with van der Waals surface area (Å²) in [6.07, 6.45) is 1.61. The summed E-state index contributed by atoms with van der Waals surface area (Å²) in [5.41, 5.74) is 2.21. The zero-order chi connectivity index (χ0) is 25.9. The van der Waals surface area contributed by atoms with Crippen LogP contribution in [0, 0.1) is 5.82 Å². The molecule has 184 valence electrons. The van der Waals surface area contributed by atoms with Crippen LogP contribution < -0.4 is 10.3 Å². The van der Waals surface area contributed by atoms with Crippen LogP contribution in [0.4, 0.5) is 4.39 Å².